The fourth-order valence-electron chi connectivity index (χ4n) is 1.17. The van der Waals surface area contributed by atoms with Gasteiger partial charge in [0.1, 0.15) is 0 Å². The predicted molar refractivity (Wildman–Crippen MR) is 55.2 cm³/mol. The van der Waals surface area contributed by atoms with Crippen LogP contribution in [0.1, 0.15) is 30.0 Å². The van der Waals surface area contributed by atoms with Gasteiger partial charge in [-0.15, -0.1) is 0 Å². The summed E-state index contributed by atoms with van der Waals surface area (Å²) in [4.78, 5) is 0. The first-order valence-electron chi connectivity index (χ1n) is 4.38. The van der Waals surface area contributed by atoms with E-state index >= 15 is 0 Å². The predicted octanol–water partition coefficient (Wildman–Crippen LogP) is 3.29. The zero-order chi connectivity index (χ0) is 9.84. The van der Waals surface area contributed by atoms with Crippen molar-refractivity contribution >= 4 is 5.57 Å². The van der Waals surface area contributed by atoms with E-state index in [2.05, 4.69) is 19.6 Å². The van der Waals surface area contributed by atoms with Crippen LogP contribution in [-0.4, -0.2) is 0 Å². The average molecular weight is 171 g/mol. The summed E-state index contributed by atoms with van der Waals surface area (Å²) in [6.45, 7) is 7.94. The van der Waals surface area contributed by atoms with E-state index in [0.717, 1.165) is 28.7 Å². The van der Waals surface area contributed by atoms with Crippen molar-refractivity contribution < 1.29 is 0 Å². The molecule has 0 radical (unpaired) electrons. The normalized spacial score (nSPS) is 9.31. The van der Waals surface area contributed by atoms with E-state index in [1.165, 1.54) is 0 Å². The molecule has 0 unspecified atom stereocenters. The third-order valence-electron chi connectivity index (χ3n) is 2.19. The van der Waals surface area contributed by atoms with Crippen LogP contribution < -0.4 is 0 Å². The van der Waals surface area contributed by atoms with Crippen LogP contribution in [0.25, 0.3) is 5.57 Å². The summed E-state index contributed by atoms with van der Waals surface area (Å²) in [6, 6.07) is 8.06. The maximum Gasteiger partial charge on any atom is 0.0994 e. The highest BCUT2D eigenvalue weighted by atomic mass is 14.2. The molecule has 0 aliphatic rings. The molecule has 0 aliphatic heterocycles. The van der Waals surface area contributed by atoms with Gasteiger partial charge in [-0.25, -0.2) is 0 Å². The van der Waals surface area contributed by atoms with Crippen LogP contribution in [-0.2, 0) is 0 Å². The number of nitrogens with zero attached hydrogens (tertiary/aromatic N) is 1. The summed E-state index contributed by atoms with van der Waals surface area (Å²) in [5.74, 6) is 0. The van der Waals surface area contributed by atoms with Gasteiger partial charge in [0, 0.05) is 0 Å². The number of nitriles is 1. The van der Waals surface area contributed by atoms with Crippen molar-refractivity contribution in [3.63, 3.8) is 0 Å². The van der Waals surface area contributed by atoms with Gasteiger partial charge in [0.15, 0.2) is 0 Å². The Hall–Kier alpha value is -1.55. The van der Waals surface area contributed by atoms with Gasteiger partial charge in [-0.2, -0.15) is 5.26 Å². The first-order valence-corrected chi connectivity index (χ1v) is 4.38. The third-order valence-corrected chi connectivity index (χ3v) is 2.19. The molecule has 66 valence electrons. The highest BCUT2D eigenvalue weighted by Crippen LogP contribution is 2.18. The van der Waals surface area contributed by atoms with Crippen molar-refractivity contribution in [2.24, 2.45) is 0 Å². The Morgan fingerprint density at radius 2 is 2.23 bits per heavy atom. The SMILES string of the molecule is C=C(CC)c1ccc(C)c(C#N)c1. The molecule has 0 aromatic heterocycles. The Kier molecular flexibility index (Phi) is 2.87. The first kappa shape index (κ1) is 9.54. The minimum Gasteiger partial charge on any atom is -0.192 e. The van der Waals surface area contributed by atoms with E-state index in [1.807, 2.05) is 25.1 Å². The van der Waals surface area contributed by atoms with Crippen LogP contribution in [0.5, 0.6) is 0 Å². The summed E-state index contributed by atoms with van der Waals surface area (Å²) < 4.78 is 0. The Morgan fingerprint density at radius 3 is 2.77 bits per heavy atom. The highest BCUT2D eigenvalue weighted by Gasteiger charge is 2.00. The second-order valence-electron chi connectivity index (χ2n) is 3.10. The molecule has 0 amide bonds. The summed E-state index contributed by atoms with van der Waals surface area (Å²) in [6.07, 6.45) is 0.925. The molecule has 0 atom stereocenters. The molecule has 0 saturated heterocycles. The number of rotatable bonds is 2. The van der Waals surface area contributed by atoms with Gasteiger partial charge in [0.2, 0.25) is 0 Å². The second-order valence-corrected chi connectivity index (χ2v) is 3.10. The molecule has 0 bridgehead atoms. The number of hydrogen-bond acceptors (Lipinski definition) is 1. The topological polar surface area (TPSA) is 23.8 Å². The van der Waals surface area contributed by atoms with Crippen LogP contribution in [0.2, 0.25) is 0 Å². The van der Waals surface area contributed by atoms with E-state index in [9.17, 15) is 0 Å². The quantitative estimate of drug-likeness (QED) is 0.669. The molecule has 1 rings (SSSR count). The third kappa shape index (κ3) is 1.97. The van der Waals surface area contributed by atoms with E-state index in [0.29, 0.717) is 0 Å². The van der Waals surface area contributed by atoms with Crippen LogP contribution in [0, 0.1) is 18.3 Å². The smallest absolute Gasteiger partial charge is 0.0994 e. The largest absolute Gasteiger partial charge is 0.192 e. The molecule has 13 heavy (non-hydrogen) atoms. The van der Waals surface area contributed by atoms with Gasteiger partial charge in [-0.1, -0.05) is 25.6 Å². The van der Waals surface area contributed by atoms with Crippen molar-refractivity contribution in [3.8, 4) is 6.07 Å². The molecule has 0 spiro atoms. The number of benzene rings is 1. The number of allylic oxidation sites excluding steroid dienone is 1. The summed E-state index contributed by atoms with van der Waals surface area (Å²) in [5, 5.41) is 8.82. The zero-order valence-electron chi connectivity index (χ0n) is 8.09. The molecule has 0 aliphatic carbocycles. The fraction of sp³-hybridized carbons (Fsp3) is 0.250. The van der Waals surface area contributed by atoms with Crippen molar-refractivity contribution in [3.05, 3.63) is 41.5 Å². The lowest BCUT2D eigenvalue weighted by Gasteiger charge is -2.04. The number of hydrogen-bond donors (Lipinski definition) is 0. The van der Waals surface area contributed by atoms with E-state index in [-0.39, 0.29) is 0 Å². The Labute approximate surface area is 79.3 Å². The first-order chi connectivity index (χ1) is 6.19. The van der Waals surface area contributed by atoms with Crippen molar-refractivity contribution in [1.82, 2.24) is 0 Å². The Bertz CT molecular complexity index is 369. The van der Waals surface area contributed by atoms with Gasteiger partial charge in [0.25, 0.3) is 0 Å². The lowest BCUT2D eigenvalue weighted by atomic mass is 10.0. The molecule has 0 heterocycles. The molecule has 0 N–H and O–H groups in total. The van der Waals surface area contributed by atoms with Gasteiger partial charge in [0.05, 0.1) is 11.6 Å². The van der Waals surface area contributed by atoms with Crippen LogP contribution in [0.3, 0.4) is 0 Å². The highest BCUT2D eigenvalue weighted by molar-refractivity contribution is 5.65. The van der Waals surface area contributed by atoms with E-state index in [1.54, 1.807) is 0 Å². The molecule has 0 fully saturated rings. The van der Waals surface area contributed by atoms with E-state index in [4.69, 9.17) is 5.26 Å². The molecular formula is C12H13N. The van der Waals surface area contributed by atoms with E-state index < -0.39 is 0 Å². The van der Waals surface area contributed by atoms with Crippen LogP contribution >= 0.6 is 0 Å². The van der Waals surface area contributed by atoms with Crippen LogP contribution in [0.15, 0.2) is 24.8 Å². The Morgan fingerprint density at radius 1 is 1.54 bits per heavy atom. The van der Waals surface area contributed by atoms with Crippen molar-refractivity contribution in [1.29, 1.82) is 5.26 Å². The fourth-order valence-corrected chi connectivity index (χ4v) is 1.17. The van der Waals surface area contributed by atoms with Crippen LogP contribution in [0.4, 0.5) is 0 Å². The van der Waals surface area contributed by atoms with Crippen molar-refractivity contribution in [2.75, 3.05) is 0 Å². The maximum absolute atomic E-state index is 8.82. The minimum absolute atomic E-state index is 0.743. The summed E-state index contributed by atoms with van der Waals surface area (Å²) in [5.41, 5.74) is 3.92. The van der Waals surface area contributed by atoms with Crippen molar-refractivity contribution in [2.45, 2.75) is 20.3 Å². The summed E-state index contributed by atoms with van der Waals surface area (Å²) >= 11 is 0. The number of aryl methyl sites for hydroxylation is 1. The second kappa shape index (κ2) is 3.91. The minimum atomic E-state index is 0.743. The average Bonchev–Trinajstić information content (AvgIpc) is 2.17. The van der Waals surface area contributed by atoms with Gasteiger partial charge < -0.3 is 0 Å². The van der Waals surface area contributed by atoms with Gasteiger partial charge in [-0.3, -0.25) is 0 Å². The monoisotopic (exact) mass is 171 g/mol. The standard InChI is InChI=1S/C12H13N/c1-4-9(2)11-6-5-10(3)12(7-11)8-13/h5-7H,2,4H2,1,3H3. The maximum atomic E-state index is 8.82. The molecule has 1 nitrogen and oxygen atoms in total. The Balaban J connectivity index is 3.15. The molecule has 1 aromatic rings. The van der Waals surface area contributed by atoms with Gasteiger partial charge in [-0.05, 0) is 36.1 Å². The lowest BCUT2D eigenvalue weighted by molar-refractivity contribution is 1.24. The molecule has 1 aromatic carbocycles. The zero-order valence-corrected chi connectivity index (χ0v) is 8.09. The molecular weight excluding hydrogens is 158 g/mol. The lowest BCUT2D eigenvalue weighted by Crippen LogP contribution is -1.86. The molecule has 1 heteroatoms. The summed E-state index contributed by atoms with van der Waals surface area (Å²) in [7, 11) is 0. The molecule has 0 saturated carbocycles. The van der Waals surface area contributed by atoms with Gasteiger partial charge >= 0.3 is 0 Å².